The van der Waals surface area contributed by atoms with E-state index in [9.17, 15) is 0 Å². The summed E-state index contributed by atoms with van der Waals surface area (Å²) in [6, 6.07) is 1.89. The van der Waals surface area contributed by atoms with Gasteiger partial charge in [-0.2, -0.15) is 0 Å². The predicted molar refractivity (Wildman–Crippen MR) is 65.6 cm³/mol. The number of aliphatic hydroxyl groups excluding tert-OH is 1. The second-order valence-corrected chi connectivity index (χ2v) is 5.32. The molecule has 0 aliphatic heterocycles. The number of aliphatic hydroxyl groups is 1. The number of fused-ring (bicyclic) bond motifs is 1. The minimum atomic E-state index is -0.238. The first kappa shape index (κ1) is 12.0. The Balaban J connectivity index is 2.23. The van der Waals surface area contributed by atoms with Crippen molar-refractivity contribution in [3.05, 3.63) is 21.4 Å². The van der Waals surface area contributed by atoms with Gasteiger partial charge in [0.2, 0.25) is 0 Å². The fourth-order valence-electron chi connectivity index (χ4n) is 2.18. The van der Waals surface area contributed by atoms with Gasteiger partial charge in [-0.15, -0.1) is 11.3 Å². The lowest BCUT2D eigenvalue weighted by molar-refractivity contribution is 0.0506. The lowest BCUT2D eigenvalue weighted by Gasteiger charge is -2.22. The van der Waals surface area contributed by atoms with E-state index in [0.29, 0.717) is 0 Å². The first-order valence-corrected chi connectivity index (χ1v) is 6.68. The van der Waals surface area contributed by atoms with Crippen molar-refractivity contribution in [1.82, 2.24) is 0 Å². The topological polar surface area (TPSA) is 55.5 Å². The van der Waals surface area contributed by atoms with Crippen LogP contribution < -0.4 is 5.73 Å². The maximum absolute atomic E-state index is 9.07. The lowest BCUT2D eigenvalue weighted by Crippen LogP contribution is -2.13. The van der Waals surface area contributed by atoms with E-state index in [-0.39, 0.29) is 18.8 Å². The molecule has 2 rings (SSSR count). The summed E-state index contributed by atoms with van der Waals surface area (Å²) in [6.45, 7) is 2.79. The van der Waals surface area contributed by atoms with Crippen molar-refractivity contribution >= 4 is 11.3 Å². The molecule has 90 valence electrons. The SMILES string of the molecule is CCOC1CCCc2sc(C(N)CO)cc21. The molecule has 0 radical (unpaired) electrons. The molecule has 1 aromatic rings. The van der Waals surface area contributed by atoms with Crippen LogP contribution in [0.4, 0.5) is 0 Å². The summed E-state index contributed by atoms with van der Waals surface area (Å²) >= 11 is 1.73. The molecule has 0 saturated heterocycles. The second-order valence-electron chi connectivity index (χ2n) is 4.15. The van der Waals surface area contributed by atoms with Gasteiger partial charge in [-0.3, -0.25) is 0 Å². The van der Waals surface area contributed by atoms with Crippen LogP contribution in [0.15, 0.2) is 6.07 Å². The molecule has 0 bridgehead atoms. The molecule has 3 N–H and O–H groups in total. The van der Waals surface area contributed by atoms with Gasteiger partial charge in [-0.05, 0) is 37.8 Å². The molecule has 2 atom stereocenters. The van der Waals surface area contributed by atoms with Crippen LogP contribution >= 0.6 is 11.3 Å². The molecule has 3 nitrogen and oxygen atoms in total. The van der Waals surface area contributed by atoms with Crippen molar-refractivity contribution in [1.29, 1.82) is 0 Å². The monoisotopic (exact) mass is 241 g/mol. The quantitative estimate of drug-likeness (QED) is 0.849. The van der Waals surface area contributed by atoms with Crippen molar-refractivity contribution in [2.24, 2.45) is 5.73 Å². The number of nitrogens with two attached hydrogens (primary N) is 1. The predicted octanol–water partition coefficient (Wildman–Crippen LogP) is 2.15. The number of thiophene rings is 1. The average molecular weight is 241 g/mol. The summed E-state index contributed by atoms with van der Waals surface area (Å²) < 4.78 is 5.74. The van der Waals surface area contributed by atoms with Gasteiger partial charge in [-0.25, -0.2) is 0 Å². The summed E-state index contributed by atoms with van der Waals surface area (Å²) in [6.07, 6.45) is 3.66. The van der Waals surface area contributed by atoms with Crippen LogP contribution in [0.1, 0.15) is 47.2 Å². The minimum absolute atomic E-state index is 0.0126. The fourth-order valence-corrected chi connectivity index (χ4v) is 3.43. The van der Waals surface area contributed by atoms with Crippen LogP contribution in [-0.2, 0) is 11.2 Å². The Bertz CT molecular complexity index is 351. The standard InChI is InChI=1S/C12H19NO2S/c1-2-15-10-4-3-5-11-8(10)6-12(16-11)9(13)7-14/h6,9-10,14H,2-5,7,13H2,1H3. The van der Waals surface area contributed by atoms with Crippen LogP contribution in [0.3, 0.4) is 0 Å². The van der Waals surface area contributed by atoms with Gasteiger partial charge in [0.1, 0.15) is 0 Å². The van der Waals surface area contributed by atoms with E-state index in [1.54, 1.807) is 11.3 Å². The molecule has 0 amide bonds. The molecule has 1 aliphatic carbocycles. The van der Waals surface area contributed by atoms with Gasteiger partial charge < -0.3 is 15.6 Å². The van der Waals surface area contributed by atoms with E-state index in [1.165, 1.54) is 16.9 Å². The minimum Gasteiger partial charge on any atom is -0.394 e. The number of hydrogen-bond acceptors (Lipinski definition) is 4. The smallest absolute Gasteiger partial charge is 0.0835 e. The van der Waals surface area contributed by atoms with Gasteiger partial charge in [0.25, 0.3) is 0 Å². The van der Waals surface area contributed by atoms with E-state index >= 15 is 0 Å². The second kappa shape index (κ2) is 5.27. The first-order chi connectivity index (χ1) is 7.76. The van der Waals surface area contributed by atoms with E-state index in [2.05, 4.69) is 6.07 Å². The van der Waals surface area contributed by atoms with Crippen LogP contribution in [0, 0.1) is 0 Å². The Morgan fingerprint density at radius 2 is 2.50 bits per heavy atom. The first-order valence-electron chi connectivity index (χ1n) is 5.86. The molecule has 0 saturated carbocycles. The van der Waals surface area contributed by atoms with E-state index < -0.39 is 0 Å². The van der Waals surface area contributed by atoms with Gasteiger partial charge in [0.05, 0.1) is 18.8 Å². The van der Waals surface area contributed by atoms with Crippen LogP contribution in [0.2, 0.25) is 0 Å². The molecule has 0 spiro atoms. The van der Waals surface area contributed by atoms with E-state index in [1.807, 2.05) is 6.92 Å². The van der Waals surface area contributed by atoms with Gasteiger partial charge in [0.15, 0.2) is 0 Å². The Kier molecular flexibility index (Phi) is 3.97. The van der Waals surface area contributed by atoms with Crippen LogP contribution in [-0.4, -0.2) is 18.3 Å². The van der Waals surface area contributed by atoms with Crippen LogP contribution in [0.25, 0.3) is 0 Å². The maximum atomic E-state index is 9.07. The summed E-state index contributed by atoms with van der Waals surface area (Å²) in [5, 5.41) is 9.07. The summed E-state index contributed by atoms with van der Waals surface area (Å²) in [5.74, 6) is 0. The van der Waals surface area contributed by atoms with E-state index in [4.69, 9.17) is 15.6 Å². The molecular weight excluding hydrogens is 222 g/mol. The molecular formula is C12H19NO2S. The molecule has 1 aromatic heterocycles. The van der Waals surface area contributed by atoms with Gasteiger partial charge >= 0.3 is 0 Å². The van der Waals surface area contributed by atoms with Gasteiger partial charge in [0, 0.05) is 16.4 Å². The molecule has 16 heavy (non-hydrogen) atoms. The fraction of sp³-hybridized carbons (Fsp3) is 0.667. The highest BCUT2D eigenvalue weighted by molar-refractivity contribution is 7.12. The average Bonchev–Trinajstić information content (AvgIpc) is 2.73. The lowest BCUT2D eigenvalue weighted by atomic mass is 9.95. The normalized spacial score (nSPS) is 21.8. The molecule has 2 unspecified atom stereocenters. The number of rotatable bonds is 4. The third kappa shape index (κ3) is 2.30. The zero-order valence-electron chi connectivity index (χ0n) is 9.61. The molecule has 1 heterocycles. The molecule has 4 heteroatoms. The number of ether oxygens (including phenoxy) is 1. The van der Waals surface area contributed by atoms with Crippen molar-refractivity contribution in [3.8, 4) is 0 Å². The van der Waals surface area contributed by atoms with E-state index in [0.717, 1.165) is 24.3 Å². The Morgan fingerprint density at radius 1 is 1.69 bits per heavy atom. The molecule has 0 fully saturated rings. The van der Waals surface area contributed by atoms with Crippen molar-refractivity contribution in [2.75, 3.05) is 13.2 Å². The largest absolute Gasteiger partial charge is 0.394 e. The maximum Gasteiger partial charge on any atom is 0.0835 e. The Morgan fingerprint density at radius 3 is 3.19 bits per heavy atom. The Labute approximate surface area is 100 Å². The summed E-state index contributed by atoms with van der Waals surface area (Å²) in [4.78, 5) is 2.47. The van der Waals surface area contributed by atoms with Crippen molar-refractivity contribution < 1.29 is 9.84 Å². The third-order valence-electron chi connectivity index (χ3n) is 3.01. The van der Waals surface area contributed by atoms with Crippen molar-refractivity contribution in [2.45, 2.75) is 38.3 Å². The van der Waals surface area contributed by atoms with Gasteiger partial charge in [-0.1, -0.05) is 0 Å². The Hall–Kier alpha value is -0.420. The molecule has 0 aromatic carbocycles. The highest BCUT2D eigenvalue weighted by atomic mass is 32.1. The summed E-state index contributed by atoms with van der Waals surface area (Å²) in [7, 11) is 0. The van der Waals surface area contributed by atoms with Crippen molar-refractivity contribution in [3.63, 3.8) is 0 Å². The summed E-state index contributed by atoms with van der Waals surface area (Å²) in [5.41, 5.74) is 7.15. The van der Waals surface area contributed by atoms with Crippen LogP contribution in [0.5, 0.6) is 0 Å². The zero-order chi connectivity index (χ0) is 11.5. The zero-order valence-corrected chi connectivity index (χ0v) is 10.4. The molecule has 1 aliphatic rings. The highest BCUT2D eigenvalue weighted by Gasteiger charge is 2.24. The number of aryl methyl sites for hydroxylation is 1. The highest BCUT2D eigenvalue weighted by Crippen LogP contribution is 2.39. The number of hydrogen-bond donors (Lipinski definition) is 2. The third-order valence-corrected chi connectivity index (χ3v) is 4.35.